The predicted molar refractivity (Wildman–Crippen MR) is 156 cm³/mol. The summed E-state index contributed by atoms with van der Waals surface area (Å²) >= 11 is 0. The lowest BCUT2D eigenvalue weighted by atomic mass is 10.00. The van der Waals surface area contributed by atoms with E-state index < -0.39 is 16.1 Å². The molecular weight excluding hydrogens is 528 g/mol. The third kappa shape index (κ3) is 6.47. The van der Waals surface area contributed by atoms with Gasteiger partial charge in [-0.2, -0.15) is 0 Å². The number of aliphatic hydroxyl groups excluding tert-OH is 1. The van der Waals surface area contributed by atoms with Crippen molar-refractivity contribution in [2.45, 2.75) is 38.5 Å². The minimum Gasteiger partial charge on any atom is -0.506 e. The molecule has 4 aromatic rings. The Morgan fingerprint density at radius 2 is 1.85 bits per heavy atom. The van der Waals surface area contributed by atoms with Crippen molar-refractivity contribution >= 4 is 32.5 Å². The molecule has 1 aliphatic heterocycles. The number of amides is 1. The van der Waals surface area contributed by atoms with Gasteiger partial charge in [-0.1, -0.05) is 36.4 Å². The lowest BCUT2D eigenvalue weighted by Crippen LogP contribution is -2.36. The number of nitrogens with one attached hydrogen (secondary N) is 3. The number of benzene rings is 3. The summed E-state index contributed by atoms with van der Waals surface area (Å²) in [7, 11) is -3.57. The molecule has 5 N–H and O–H groups in total. The third-order valence-corrected chi connectivity index (χ3v) is 7.83. The molecule has 2 atom stereocenters. The summed E-state index contributed by atoms with van der Waals surface area (Å²) in [5.74, 6) is -0.214. The topological polar surface area (TPSA) is 135 Å². The maximum Gasteiger partial charge on any atom is 0.270 e. The lowest BCUT2D eigenvalue weighted by Gasteiger charge is -2.28. The summed E-state index contributed by atoms with van der Waals surface area (Å²) < 4.78 is 25.3. The molecule has 1 aromatic heterocycles. The summed E-state index contributed by atoms with van der Waals surface area (Å²) in [5.41, 5.74) is 5.59. The number of carbonyl (C=O) groups excluding carboxylic acids is 1. The molecule has 2 heterocycles. The van der Waals surface area contributed by atoms with Crippen LogP contribution in [-0.4, -0.2) is 59.8 Å². The number of hydrogen-bond donors (Lipinski definition) is 5. The minimum absolute atomic E-state index is 0.000370. The summed E-state index contributed by atoms with van der Waals surface area (Å²) in [6.07, 6.45) is 1.66. The van der Waals surface area contributed by atoms with Crippen molar-refractivity contribution in [3.8, 4) is 5.75 Å². The van der Waals surface area contributed by atoms with Crippen molar-refractivity contribution in [1.29, 1.82) is 0 Å². The van der Waals surface area contributed by atoms with E-state index in [1.807, 2.05) is 42.2 Å². The number of phenolic OH excluding ortho intramolecular Hbond substituents is 1. The van der Waals surface area contributed by atoms with Gasteiger partial charge in [0.25, 0.3) is 5.91 Å². The Morgan fingerprint density at radius 1 is 1.07 bits per heavy atom. The van der Waals surface area contributed by atoms with Gasteiger partial charge >= 0.3 is 0 Å². The van der Waals surface area contributed by atoms with Crippen LogP contribution in [0.2, 0.25) is 0 Å². The predicted octanol–water partition coefficient (Wildman–Crippen LogP) is 3.70. The fraction of sp³-hybridized carbons (Fsp3) is 0.300. The fourth-order valence-corrected chi connectivity index (χ4v) is 5.73. The van der Waals surface area contributed by atoms with Crippen molar-refractivity contribution in [3.63, 3.8) is 0 Å². The number of H-pyrrole nitrogens is 1. The molecule has 0 saturated heterocycles. The van der Waals surface area contributed by atoms with Gasteiger partial charge in [0.2, 0.25) is 10.0 Å². The molecule has 0 fully saturated rings. The van der Waals surface area contributed by atoms with Gasteiger partial charge < -0.3 is 25.4 Å². The van der Waals surface area contributed by atoms with Crippen LogP contribution in [0.15, 0.2) is 66.7 Å². The van der Waals surface area contributed by atoms with Crippen LogP contribution in [-0.2, 0) is 29.4 Å². The van der Waals surface area contributed by atoms with Crippen LogP contribution in [0.5, 0.6) is 5.75 Å². The normalized spacial score (nSPS) is 15.0. The molecule has 5 rings (SSSR count). The first-order chi connectivity index (χ1) is 19.1. The first-order valence-corrected chi connectivity index (χ1v) is 15.1. The van der Waals surface area contributed by atoms with E-state index in [4.69, 9.17) is 0 Å². The zero-order valence-corrected chi connectivity index (χ0v) is 23.3. The summed E-state index contributed by atoms with van der Waals surface area (Å²) in [4.78, 5) is 18.4. The second-order valence-corrected chi connectivity index (χ2v) is 12.3. The first kappa shape index (κ1) is 27.7. The molecule has 0 bridgehead atoms. The number of aromatic hydroxyl groups is 1. The van der Waals surface area contributed by atoms with Gasteiger partial charge in [0.15, 0.2) is 0 Å². The second-order valence-electron chi connectivity index (χ2n) is 10.5. The molecule has 9 nitrogen and oxygen atoms in total. The highest BCUT2D eigenvalue weighted by Gasteiger charge is 2.23. The Morgan fingerprint density at radius 3 is 2.62 bits per heavy atom. The smallest absolute Gasteiger partial charge is 0.270 e. The number of phenols is 1. The number of hydrogen-bond acceptors (Lipinski definition) is 6. The van der Waals surface area contributed by atoms with E-state index in [-0.39, 0.29) is 29.9 Å². The molecule has 210 valence electrons. The van der Waals surface area contributed by atoms with E-state index in [1.165, 1.54) is 23.3 Å². The van der Waals surface area contributed by atoms with Crippen molar-refractivity contribution in [2.24, 2.45) is 0 Å². The number of anilines is 1. The van der Waals surface area contributed by atoms with Crippen LogP contribution >= 0.6 is 0 Å². The molecule has 3 aromatic carbocycles. The van der Waals surface area contributed by atoms with Crippen LogP contribution in [0.1, 0.15) is 45.8 Å². The van der Waals surface area contributed by atoms with E-state index in [0.717, 1.165) is 29.1 Å². The van der Waals surface area contributed by atoms with Crippen LogP contribution in [0, 0.1) is 0 Å². The number of fused-ring (bicyclic) bond motifs is 2. The van der Waals surface area contributed by atoms with Crippen molar-refractivity contribution in [3.05, 3.63) is 94.7 Å². The molecule has 1 amide bonds. The highest BCUT2D eigenvalue weighted by Crippen LogP contribution is 2.28. The number of aromatic amines is 1. The van der Waals surface area contributed by atoms with E-state index >= 15 is 0 Å². The van der Waals surface area contributed by atoms with Gasteiger partial charge in [-0.05, 0) is 72.4 Å². The van der Waals surface area contributed by atoms with E-state index in [2.05, 4.69) is 33.2 Å². The summed E-state index contributed by atoms with van der Waals surface area (Å²) in [5, 5.41) is 24.9. The zero-order valence-electron chi connectivity index (χ0n) is 22.5. The Kier molecular flexibility index (Phi) is 7.84. The monoisotopic (exact) mass is 562 g/mol. The molecule has 0 aliphatic carbocycles. The summed E-state index contributed by atoms with van der Waals surface area (Å²) in [6, 6.07) is 20.6. The summed E-state index contributed by atoms with van der Waals surface area (Å²) in [6.45, 7) is 3.58. The molecule has 0 unspecified atom stereocenters. The van der Waals surface area contributed by atoms with E-state index in [1.54, 1.807) is 6.07 Å². The fourth-order valence-electron chi connectivity index (χ4n) is 5.16. The molecule has 10 heteroatoms. The van der Waals surface area contributed by atoms with Crippen LogP contribution in [0.25, 0.3) is 10.9 Å². The third-order valence-electron chi connectivity index (χ3n) is 7.24. The Labute approximate surface area is 233 Å². The van der Waals surface area contributed by atoms with Gasteiger partial charge in [-0.25, -0.2) is 8.42 Å². The maximum absolute atomic E-state index is 13.2. The van der Waals surface area contributed by atoms with Crippen molar-refractivity contribution in [1.82, 2.24) is 15.2 Å². The molecular formula is C30H34N4O5S. The van der Waals surface area contributed by atoms with Crippen molar-refractivity contribution in [2.75, 3.05) is 24.1 Å². The van der Waals surface area contributed by atoms with Gasteiger partial charge in [0.05, 0.1) is 18.0 Å². The number of sulfonamides is 1. The maximum atomic E-state index is 13.2. The molecule has 0 spiro atoms. The first-order valence-electron chi connectivity index (χ1n) is 13.3. The Hall–Kier alpha value is -3.86. The lowest BCUT2D eigenvalue weighted by molar-refractivity contribution is 0.0729. The van der Waals surface area contributed by atoms with Crippen LogP contribution in [0.3, 0.4) is 0 Å². The quantitative estimate of drug-likeness (QED) is 0.198. The highest BCUT2D eigenvalue weighted by atomic mass is 32.2. The van der Waals surface area contributed by atoms with Gasteiger partial charge in [0.1, 0.15) is 11.4 Å². The molecule has 0 radical (unpaired) electrons. The number of carbonyl (C=O) groups is 1. The molecule has 0 saturated carbocycles. The zero-order chi connectivity index (χ0) is 28.4. The standard InChI is InChI=1S/C30H34N4O5S/c1-19(31-17-29(36)22-8-10-28(35)26(15-22)33-40(2,38)39)13-20-7-9-25-24(14-20)16-27(32-25)30(37)34-12-11-21-5-3-4-6-23(21)18-34/h3-10,14-16,19,29,31-33,35-36H,11-13,17-18H2,1-2H3/t19-,29+/m1/s1. The van der Waals surface area contributed by atoms with Gasteiger partial charge in [0, 0.05) is 36.6 Å². The number of aromatic nitrogens is 1. The second kappa shape index (κ2) is 11.3. The Bertz CT molecular complexity index is 1650. The minimum atomic E-state index is -3.57. The van der Waals surface area contributed by atoms with Gasteiger partial charge in [-0.3, -0.25) is 9.52 Å². The average Bonchev–Trinajstić information content (AvgIpc) is 3.35. The number of rotatable bonds is 9. The number of aliphatic hydroxyl groups is 1. The Balaban J connectivity index is 1.19. The van der Waals surface area contributed by atoms with Gasteiger partial charge in [-0.15, -0.1) is 0 Å². The van der Waals surface area contributed by atoms with E-state index in [0.29, 0.717) is 30.8 Å². The highest BCUT2D eigenvalue weighted by molar-refractivity contribution is 7.92. The van der Waals surface area contributed by atoms with Crippen LogP contribution in [0.4, 0.5) is 5.69 Å². The average molecular weight is 563 g/mol. The van der Waals surface area contributed by atoms with Crippen molar-refractivity contribution < 1.29 is 23.4 Å². The molecule has 40 heavy (non-hydrogen) atoms. The number of nitrogens with zero attached hydrogens (tertiary/aromatic N) is 1. The molecule has 1 aliphatic rings. The largest absolute Gasteiger partial charge is 0.506 e. The van der Waals surface area contributed by atoms with E-state index in [9.17, 15) is 23.4 Å². The SMILES string of the molecule is C[C@H](Cc1ccc2[nH]c(C(=O)N3CCc4ccccc4C3)cc2c1)NC[C@H](O)c1ccc(O)c(NS(C)(=O)=O)c1. The van der Waals surface area contributed by atoms with Crippen LogP contribution < -0.4 is 10.0 Å².